The number of nitrogens with zero attached hydrogens (tertiary/aromatic N) is 3. The van der Waals surface area contributed by atoms with Crippen molar-refractivity contribution >= 4 is 0 Å². The van der Waals surface area contributed by atoms with E-state index >= 15 is 0 Å². The van der Waals surface area contributed by atoms with Crippen LogP contribution in [0.15, 0.2) is 10.5 Å². The van der Waals surface area contributed by atoms with Crippen LogP contribution in [0, 0.1) is 13.8 Å². The highest BCUT2D eigenvalue weighted by atomic mass is 16.5. The van der Waals surface area contributed by atoms with Gasteiger partial charge in [0.2, 0.25) is 11.8 Å². The molecule has 6 heteroatoms. The van der Waals surface area contributed by atoms with Crippen molar-refractivity contribution in [3.8, 4) is 5.88 Å². The van der Waals surface area contributed by atoms with E-state index in [9.17, 15) is 0 Å². The molecule has 0 spiro atoms. The van der Waals surface area contributed by atoms with E-state index in [4.69, 9.17) is 9.15 Å². The first-order valence-corrected chi connectivity index (χ1v) is 5.80. The van der Waals surface area contributed by atoms with Crippen LogP contribution in [0.3, 0.4) is 0 Å². The summed E-state index contributed by atoms with van der Waals surface area (Å²) in [5, 5.41) is 7.55. The Hall–Kier alpha value is -1.82. The van der Waals surface area contributed by atoms with Gasteiger partial charge in [-0.05, 0) is 13.8 Å². The monoisotopic (exact) mass is 250 g/mol. The molecule has 0 bridgehead atoms. The fraction of sp³-hybridized carbons (Fsp3) is 0.500. The van der Waals surface area contributed by atoms with Crippen molar-refractivity contribution in [2.45, 2.75) is 26.9 Å². The van der Waals surface area contributed by atoms with Gasteiger partial charge in [0.25, 0.3) is 0 Å². The number of rotatable bonds is 5. The number of nitrogens with one attached hydrogen (secondary N) is 1. The molecule has 2 heterocycles. The molecule has 1 N–H and O–H groups in total. The number of hydrogen-bond donors (Lipinski definition) is 1. The first-order valence-electron chi connectivity index (χ1n) is 5.80. The van der Waals surface area contributed by atoms with Crippen molar-refractivity contribution in [2.75, 3.05) is 7.11 Å². The molecule has 6 nitrogen and oxygen atoms in total. The number of oxazole rings is 1. The highest BCUT2D eigenvalue weighted by Crippen LogP contribution is 2.11. The molecule has 0 fully saturated rings. The molecule has 2 aromatic heterocycles. The first kappa shape index (κ1) is 12.6. The van der Waals surface area contributed by atoms with Gasteiger partial charge in [-0.2, -0.15) is 5.10 Å². The van der Waals surface area contributed by atoms with Crippen LogP contribution in [-0.2, 0) is 20.1 Å². The molecule has 0 unspecified atom stereocenters. The normalized spacial score (nSPS) is 10.9. The predicted octanol–water partition coefficient (Wildman–Crippen LogP) is 1.32. The van der Waals surface area contributed by atoms with Crippen LogP contribution in [0.4, 0.5) is 0 Å². The van der Waals surface area contributed by atoms with Crippen molar-refractivity contribution in [3.63, 3.8) is 0 Å². The maximum atomic E-state index is 5.48. The van der Waals surface area contributed by atoms with Gasteiger partial charge in [-0.25, -0.2) is 9.67 Å². The third kappa shape index (κ3) is 2.70. The van der Waals surface area contributed by atoms with Gasteiger partial charge in [-0.3, -0.25) is 0 Å². The van der Waals surface area contributed by atoms with Gasteiger partial charge in [0.05, 0.1) is 25.0 Å². The Morgan fingerprint density at radius 1 is 1.39 bits per heavy atom. The number of hydrogen-bond acceptors (Lipinski definition) is 5. The van der Waals surface area contributed by atoms with E-state index in [0.717, 1.165) is 23.0 Å². The molecule has 2 aromatic rings. The second-order valence-electron chi connectivity index (χ2n) is 4.15. The fourth-order valence-electron chi connectivity index (χ4n) is 1.70. The maximum Gasteiger partial charge on any atom is 0.211 e. The lowest BCUT2D eigenvalue weighted by atomic mass is 10.4. The molecule has 0 aliphatic heterocycles. The molecule has 98 valence electrons. The van der Waals surface area contributed by atoms with E-state index < -0.39 is 0 Å². The lowest BCUT2D eigenvalue weighted by Gasteiger charge is -1.97. The van der Waals surface area contributed by atoms with Crippen LogP contribution in [0.1, 0.15) is 23.0 Å². The first-order chi connectivity index (χ1) is 8.60. The molecule has 2 rings (SSSR count). The Morgan fingerprint density at radius 2 is 2.17 bits per heavy atom. The molecular weight excluding hydrogens is 232 g/mol. The van der Waals surface area contributed by atoms with Gasteiger partial charge in [-0.15, -0.1) is 0 Å². The van der Waals surface area contributed by atoms with Gasteiger partial charge in [0.15, 0.2) is 0 Å². The van der Waals surface area contributed by atoms with Crippen LogP contribution in [0.25, 0.3) is 0 Å². The van der Waals surface area contributed by atoms with E-state index in [0.29, 0.717) is 19.0 Å². The summed E-state index contributed by atoms with van der Waals surface area (Å²) in [6.45, 7) is 5.09. The van der Waals surface area contributed by atoms with Crippen molar-refractivity contribution in [1.29, 1.82) is 0 Å². The molecule has 0 saturated carbocycles. The largest absolute Gasteiger partial charge is 0.481 e. The highest BCUT2D eigenvalue weighted by molar-refractivity contribution is 5.15. The Labute approximate surface area is 106 Å². The molecule has 0 amide bonds. The topological polar surface area (TPSA) is 65.1 Å². The van der Waals surface area contributed by atoms with E-state index in [1.54, 1.807) is 11.8 Å². The van der Waals surface area contributed by atoms with Crippen molar-refractivity contribution in [2.24, 2.45) is 7.05 Å². The second kappa shape index (κ2) is 5.22. The number of aromatic nitrogens is 3. The zero-order valence-corrected chi connectivity index (χ0v) is 11.1. The molecular formula is C12H18N4O2. The van der Waals surface area contributed by atoms with Crippen LogP contribution in [0.2, 0.25) is 0 Å². The van der Waals surface area contributed by atoms with E-state index in [1.807, 2.05) is 27.0 Å². The molecule has 0 aromatic carbocycles. The van der Waals surface area contributed by atoms with Gasteiger partial charge in [-0.1, -0.05) is 0 Å². The summed E-state index contributed by atoms with van der Waals surface area (Å²) < 4.78 is 12.3. The van der Waals surface area contributed by atoms with Crippen molar-refractivity contribution < 1.29 is 9.15 Å². The molecule has 0 aliphatic rings. The Balaban J connectivity index is 1.88. The van der Waals surface area contributed by atoms with E-state index in [-0.39, 0.29) is 0 Å². The Morgan fingerprint density at radius 3 is 2.72 bits per heavy atom. The summed E-state index contributed by atoms with van der Waals surface area (Å²) in [6, 6.07) is 1.90. The Kier molecular flexibility index (Phi) is 3.66. The molecule has 0 radical (unpaired) electrons. The summed E-state index contributed by atoms with van der Waals surface area (Å²) in [5.74, 6) is 2.31. The van der Waals surface area contributed by atoms with Gasteiger partial charge >= 0.3 is 0 Å². The average Bonchev–Trinajstić information content (AvgIpc) is 2.83. The second-order valence-corrected chi connectivity index (χ2v) is 4.15. The SMILES string of the molecule is COc1cc(CNCc2nc(C)c(C)o2)nn1C. The summed E-state index contributed by atoms with van der Waals surface area (Å²) in [5.41, 5.74) is 1.86. The molecule has 18 heavy (non-hydrogen) atoms. The average molecular weight is 250 g/mol. The smallest absolute Gasteiger partial charge is 0.211 e. The van der Waals surface area contributed by atoms with Crippen LogP contribution in [-0.4, -0.2) is 21.9 Å². The number of aryl methyl sites for hydroxylation is 3. The minimum absolute atomic E-state index is 0.591. The minimum Gasteiger partial charge on any atom is -0.481 e. The standard InChI is InChI=1S/C12H18N4O2/c1-8-9(2)18-11(14-8)7-13-6-10-5-12(17-4)16(3)15-10/h5,13H,6-7H2,1-4H3. The minimum atomic E-state index is 0.591. The quantitative estimate of drug-likeness (QED) is 0.867. The zero-order valence-electron chi connectivity index (χ0n) is 11.1. The maximum absolute atomic E-state index is 5.48. The third-order valence-corrected chi connectivity index (χ3v) is 2.75. The summed E-state index contributed by atoms with van der Waals surface area (Å²) in [7, 11) is 3.48. The Bertz CT molecular complexity index is 511. The van der Waals surface area contributed by atoms with Crippen LogP contribution in [0.5, 0.6) is 5.88 Å². The lowest BCUT2D eigenvalue weighted by molar-refractivity contribution is 0.373. The zero-order chi connectivity index (χ0) is 13.1. The van der Waals surface area contributed by atoms with Gasteiger partial charge < -0.3 is 14.5 Å². The van der Waals surface area contributed by atoms with Crippen LogP contribution < -0.4 is 10.1 Å². The summed E-state index contributed by atoms with van der Waals surface area (Å²) in [6.07, 6.45) is 0. The summed E-state index contributed by atoms with van der Waals surface area (Å²) in [4.78, 5) is 4.30. The van der Waals surface area contributed by atoms with Crippen LogP contribution >= 0.6 is 0 Å². The van der Waals surface area contributed by atoms with E-state index in [1.165, 1.54) is 0 Å². The number of ether oxygens (including phenoxy) is 1. The lowest BCUT2D eigenvalue weighted by Crippen LogP contribution is -2.13. The molecule has 0 aliphatic carbocycles. The van der Waals surface area contributed by atoms with Gasteiger partial charge in [0, 0.05) is 19.7 Å². The highest BCUT2D eigenvalue weighted by Gasteiger charge is 2.07. The van der Waals surface area contributed by atoms with E-state index in [2.05, 4.69) is 15.4 Å². The third-order valence-electron chi connectivity index (χ3n) is 2.75. The van der Waals surface area contributed by atoms with Crippen molar-refractivity contribution in [3.05, 3.63) is 29.1 Å². The molecule has 0 atom stereocenters. The van der Waals surface area contributed by atoms with Gasteiger partial charge in [0.1, 0.15) is 5.76 Å². The molecule has 0 saturated heterocycles. The van der Waals surface area contributed by atoms with Crippen molar-refractivity contribution in [1.82, 2.24) is 20.1 Å². The fourth-order valence-corrected chi connectivity index (χ4v) is 1.70. The predicted molar refractivity (Wildman–Crippen MR) is 66.3 cm³/mol. The summed E-state index contributed by atoms with van der Waals surface area (Å²) >= 11 is 0. The number of methoxy groups -OCH3 is 1.